The highest BCUT2D eigenvalue weighted by atomic mass is 16.5. The van der Waals surface area contributed by atoms with Crippen molar-refractivity contribution < 1.29 is 4.74 Å². The lowest BCUT2D eigenvalue weighted by atomic mass is 9.96. The first-order valence-electron chi connectivity index (χ1n) is 11.8. The molecular formula is C27H35N3O2. The van der Waals surface area contributed by atoms with E-state index in [2.05, 4.69) is 32.6 Å². The second-order valence-electron chi connectivity index (χ2n) is 9.60. The summed E-state index contributed by atoms with van der Waals surface area (Å²) in [6, 6.07) is 14.5. The van der Waals surface area contributed by atoms with Gasteiger partial charge in [0, 0.05) is 25.0 Å². The third-order valence-corrected chi connectivity index (χ3v) is 6.62. The van der Waals surface area contributed by atoms with Gasteiger partial charge in [0.15, 0.2) is 0 Å². The first-order chi connectivity index (χ1) is 15.4. The van der Waals surface area contributed by atoms with E-state index >= 15 is 0 Å². The summed E-state index contributed by atoms with van der Waals surface area (Å²) in [5.41, 5.74) is 2.88. The van der Waals surface area contributed by atoms with Crippen LogP contribution in [0, 0.1) is 5.92 Å². The average Bonchev–Trinajstić information content (AvgIpc) is 2.80. The van der Waals surface area contributed by atoms with E-state index in [0.29, 0.717) is 17.3 Å². The Morgan fingerprint density at radius 2 is 1.88 bits per heavy atom. The SMILES string of the molecule is COc1cccc(-c2ccc3nc(C(C)C)n(C[C@H]4CCCN(C(C)C)C4)c(=O)c3c2)c1. The Labute approximate surface area is 191 Å². The molecule has 1 atom stereocenters. The van der Waals surface area contributed by atoms with Gasteiger partial charge in [-0.15, -0.1) is 0 Å². The van der Waals surface area contributed by atoms with Gasteiger partial charge >= 0.3 is 0 Å². The summed E-state index contributed by atoms with van der Waals surface area (Å²) in [6.45, 7) is 11.7. The quantitative estimate of drug-likeness (QED) is 0.528. The Kier molecular flexibility index (Phi) is 6.66. The van der Waals surface area contributed by atoms with E-state index < -0.39 is 0 Å². The van der Waals surface area contributed by atoms with Crippen molar-refractivity contribution in [3.8, 4) is 16.9 Å². The van der Waals surface area contributed by atoms with Crippen molar-refractivity contribution in [1.82, 2.24) is 14.5 Å². The van der Waals surface area contributed by atoms with Crippen LogP contribution in [0.15, 0.2) is 47.3 Å². The summed E-state index contributed by atoms with van der Waals surface area (Å²) < 4.78 is 7.33. The monoisotopic (exact) mass is 433 g/mol. The number of rotatable bonds is 6. The molecule has 0 unspecified atom stereocenters. The van der Waals surface area contributed by atoms with E-state index in [4.69, 9.17) is 9.72 Å². The van der Waals surface area contributed by atoms with Crippen LogP contribution in [0.2, 0.25) is 0 Å². The van der Waals surface area contributed by atoms with Gasteiger partial charge in [-0.2, -0.15) is 0 Å². The number of benzene rings is 2. The zero-order valence-corrected chi connectivity index (χ0v) is 20.0. The maximum absolute atomic E-state index is 13.7. The number of hydrogen-bond acceptors (Lipinski definition) is 4. The number of likely N-dealkylation sites (tertiary alicyclic amines) is 1. The van der Waals surface area contributed by atoms with Crippen LogP contribution in [-0.4, -0.2) is 40.7 Å². The molecule has 32 heavy (non-hydrogen) atoms. The Morgan fingerprint density at radius 1 is 1.09 bits per heavy atom. The normalized spacial score (nSPS) is 17.4. The first-order valence-corrected chi connectivity index (χ1v) is 11.8. The number of methoxy groups -OCH3 is 1. The van der Waals surface area contributed by atoms with Crippen molar-refractivity contribution in [1.29, 1.82) is 0 Å². The minimum absolute atomic E-state index is 0.0742. The van der Waals surface area contributed by atoms with Crippen LogP contribution < -0.4 is 10.3 Å². The minimum Gasteiger partial charge on any atom is -0.497 e. The molecule has 1 saturated heterocycles. The molecule has 1 fully saturated rings. The van der Waals surface area contributed by atoms with E-state index in [0.717, 1.165) is 54.3 Å². The molecule has 5 heteroatoms. The summed E-state index contributed by atoms with van der Waals surface area (Å²) in [5, 5.41) is 0.686. The molecule has 170 valence electrons. The van der Waals surface area contributed by atoms with E-state index in [1.54, 1.807) is 7.11 Å². The van der Waals surface area contributed by atoms with E-state index in [1.807, 2.05) is 47.0 Å². The van der Waals surface area contributed by atoms with Crippen LogP contribution in [0.1, 0.15) is 52.3 Å². The Hall–Kier alpha value is -2.66. The zero-order chi connectivity index (χ0) is 22.8. The predicted molar refractivity (Wildman–Crippen MR) is 132 cm³/mol. The largest absolute Gasteiger partial charge is 0.497 e. The molecule has 0 aliphatic carbocycles. The standard InChI is InChI=1S/C27H35N3O2/c1-18(2)26-28-25-12-11-22(21-9-6-10-23(14-21)32-5)15-24(25)27(31)30(26)17-20-8-7-13-29(16-20)19(3)4/h6,9-12,14-15,18-20H,7-8,13,16-17H2,1-5H3/t20-/m0/s1. The van der Waals surface area contributed by atoms with Crippen molar-refractivity contribution in [2.24, 2.45) is 5.92 Å². The molecule has 1 aromatic heterocycles. The third kappa shape index (κ3) is 4.58. The first kappa shape index (κ1) is 22.5. The van der Waals surface area contributed by atoms with Crippen molar-refractivity contribution in [3.63, 3.8) is 0 Å². The molecule has 0 N–H and O–H groups in total. The van der Waals surface area contributed by atoms with Crippen LogP contribution in [-0.2, 0) is 6.54 Å². The van der Waals surface area contributed by atoms with Gasteiger partial charge in [0.25, 0.3) is 5.56 Å². The summed E-state index contributed by atoms with van der Waals surface area (Å²) in [5.74, 6) is 2.36. The number of ether oxygens (including phenoxy) is 1. The van der Waals surface area contributed by atoms with Gasteiger partial charge in [-0.1, -0.05) is 32.0 Å². The summed E-state index contributed by atoms with van der Waals surface area (Å²) in [4.78, 5) is 21.2. The fourth-order valence-electron chi connectivity index (χ4n) is 4.81. The number of fused-ring (bicyclic) bond motifs is 1. The second-order valence-corrected chi connectivity index (χ2v) is 9.60. The molecule has 2 heterocycles. The lowest BCUT2D eigenvalue weighted by Gasteiger charge is -2.36. The van der Waals surface area contributed by atoms with Crippen molar-refractivity contribution in [2.45, 2.75) is 59.0 Å². The molecule has 3 aromatic rings. The van der Waals surface area contributed by atoms with Gasteiger partial charge in [-0.25, -0.2) is 4.98 Å². The molecular weight excluding hydrogens is 398 g/mol. The summed E-state index contributed by atoms with van der Waals surface area (Å²) in [6.07, 6.45) is 2.35. The molecule has 0 amide bonds. The number of hydrogen-bond donors (Lipinski definition) is 0. The smallest absolute Gasteiger partial charge is 0.261 e. The van der Waals surface area contributed by atoms with Gasteiger partial charge in [0.05, 0.1) is 18.0 Å². The Morgan fingerprint density at radius 3 is 2.59 bits per heavy atom. The Bertz CT molecular complexity index is 1150. The van der Waals surface area contributed by atoms with Gasteiger partial charge in [0.1, 0.15) is 11.6 Å². The van der Waals surface area contributed by atoms with Crippen molar-refractivity contribution in [2.75, 3.05) is 20.2 Å². The van der Waals surface area contributed by atoms with Crippen LogP contribution in [0.4, 0.5) is 0 Å². The molecule has 2 aromatic carbocycles. The van der Waals surface area contributed by atoms with Crippen LogP contribution in [0.3, 0.4) is 0 Å². The van der Waals surface area contributed by atoms with E-state index in [1.165, 1.54) is 6.42 Å². The topological polar surface area (TPSA) is 47.4 Å². The number of piperidine rings is 1. The molecule has 5 nitrogen and oxygen atoms in total. The van der Waals surface area contributed by atoms with Crippen molar-refractivity contribution >= 4 is 10.9 Å². The summed E-state index contributed by atoms with van der Waals surface area (Å²) in [7, 11) is 1.67. The fourth-order valence-corrected chi connectivity index (χ4v) is 4.81. The average molecular weight is 434 g/mol. The van der Waals surface area contributed by atoms with Gasteiger partial charge in [0.2, 0.25) is 0 Å². The highest BCUT2D eigenvalue weighted by Gasteiger charge is 2.24. The van der Waals surface area contributed by atoms with Crippen LogP contribution in [0.25, 0.3) is 22.0 Å². The van der Waals surface area contributed by atoms with Crippen molar-refractivity contribution in [3.05, 3.63) is 58.6 Å². The Balaban J connectivity index is 1.76. The van der Waals surface area contributed by atoms with Crippen LogP contribution >= 0.6 is 0 Å². The van der Waals surface area contributed by atoms with Gasteiger partial charge < -0.3 is 9.64 Å². The maximum atomic E-state index is 13.7. The lowest BCUT2D eigenvalue weighted by molar-refractivity contribution is 0.129. The molecule has 4 rings (SSSR count). The minimum atomic E-state index is 0.0742. The lowest BCUT2D eigenvalue weighted by Crippen LogP contribution is -2.42. The second kappa shape index (κ2) is 9.45. The molecule has 0 spiro atoms. The maximum Gasteiger partial charge on any atom is 0.261 e. The highest BCUT2D eigenvalue weighted by molar-refractivity contribution is 5.84. The van der Waals surface area contributed by atoms with E-state index in [9.17, 15) is 4.79 Å². The van der Waals surface area contributed by atoms with Crippen LogP contribution in [0.5, 0.6) is 5.75 Å². The number of nitrogens with zero attached hydrogens (tertiary/aromatic N) is 3. The molecule has 1 aliphatic rings. The fraction of sp³-hybridized carbons (Fsp3) is 0.481. The summed E-state index contributed by atoms with van der Waals surface area (Å²) >= 11 is 0. The highest BCUT2D eigenvalue weighted by Crippen LogP contribution is 2.27. The number of aromatic nitrogens is 2. The van der Waals surface area contributed by atoms with Gasteiger partial charge in [-0.3, -0.25) is 9.36 Å². The molecule has 0 radical (unpaired) electrons. The predicted octanol–water partition coefficient (Wildman–Crippen LogP) is 5.32. The molecule has 0 bridgehead atoms. The third-order valence-electron chi connectivity index (χ3n) is 6.62. The zero-order valence-electron chi connectivity index (χ0n) is 20.0. The molecule has 1 aliphatic heterocycles. The molecule has 0 saturated carbocycles. The van der Waals surface area contributed by atoms with Gasteiger partial charge in [-0.05, 0) is 74.5 Å². The van der Waals surface area contributed by atoms with E-state index in [-0.39, 0.29) is 11.5 Å².